The Balaban J connectivity index is 1.87. The van der Waals surface area contributed by atoms with Crippen LogP contribution in [-0.2, 0) is 9.59 Å². The Bertz CT molecular complexity index is 269. The number of carbonyl (C=O) groups is 2. The highest BCUT2D eigenvalue weighted by Gasteiger charge is 2.30. The molecule has 1 saturated heterocycles. The van der Waals surface area contributed by atoms with E-state index in [4.69, 9.17) is 0 Å². The van der Waals surface area contributed by atoms with Gasteiger partial charge in [0.25, 0.3) is 0 Å². The molecule has 1 fully saturated rings. The summed E-state index contributed by atoms with van der Waals surface area (Å²) in [5.41, 5.74) is 0. The molecule has 3 nitrogen and oxygen atoms in total. The molecule has 1 rings (SSSR count). The van der Waals surface area contributed by atoms with Crippen molar-refractivity contribution < 1.29 is 9.59 Å². The molecule has 0 spiro atoms. The highest BCUT2D eigenvalue weighted by molar-refractivity contribution is 8.00. The maximum absolute atomic E-state index is 11.3. The van der Waals surface area contributed by atoms with Gasteiger partial charge in [-0.15, -0.1) is 11.8 Å². The zero-order chi connectivity index (χ0) is 13.2. The second kappa shape index (κ2) is 9.42. The van der Waals surface area contributed by atoms with Crippen LogP contribution >= 0.6 is 11.8 Å². The second-order valence-corrected chi connectivity index (χ2v) is 6.26. The smallest absolute Gasteiger partial charge is 0.240 e. The van der Waals surface area contributed by atoms with Crippen molar-refractivity contribution in [3.8, 4) is 0 Å². The van der Waals surface area contributed by atoms with Crippen molar-refractivity contribution in [2.75, 3.05) is 5.75 Å². The largest absolute Gasteiger partial charge is 0.295 e. The fraction of sp³-hybridized carbons (Fsp3) is 0.857. The molecular weight excluding hydrogens is 246 g/mol. The van der Waals surface area contributed by atoms with Gasteiger partial charge < -0.3 is 0 Å². The van der Waals surface area contributed by atoms with Crippen LogP contribution in [0, 0.1) is 0 Å². The van der Waals surface area contributed by atoms with E-state index in [1.165, 1.54) is 44.9 Å². The number of nitrogens with one attached hydrogen (secondary N) is 1. The van der Waals surface area contributed by atoms with Gasteiger partial charge in [0.2, 0.25) is 11.8 Å². The van der Waals surface area contributed by atoms with Crippen LogP contribution in [0.5, 0.6) is 0 Å². The number of rotatable bonds is 10. The molecule has 104 valence electrons. The first kappa shape index (κ1) is 15.5. The molecule has 1 N–H and O–H groups in total. The zero-order valence-corrected chi connectivity index (χ0v) is 12.2. The van der Waals surface area contributed by atoms with Crippen molar-refractivity contribution in [3.05, 3.63) is 0 Å². The second-order valence-electron chi connectivity index (χ2n) is 4.95. The van der Waals surface area contributed by atoms with Gasteiger partial charge in [0.05, 0.1) is 5.25 Å². The van der Waals surface area contributed by atoms with Crippen LogP contribution in [0.4, 0.5) is 0 Å². The Morgan fingerprint density at radius 1 is 1.06 bits per heavy atom. The number of unbranched alkanes of at least 4 members (excludes halogenated alkanes) is 7. The molecule has 1 atom stereocenters. The van der Waals surface area contributed by atoms with Gasteiger partial charge in [-0.05, 0) is 12.2 Å². The molecule has 4 heteroatoms. The highest BCUT2D eigenvalue weighted by Crippen LogP contribution is 2.21. The monoisotopic (exact) mass is 271 g/mol. The van der Waals surface area contributed by atoms with E-state index in [0.29, 0.717) is 6.42 Å². The Morgan fingerprint density at radius 3 is 2.22 bits per heavy atom. The van der Waals surface area contributed by atoms with Crippen molar-refractivity contribution in [1.82, 2.24) is 5.32 Å². The lowest BCUT2D eigenvalue weighted by Gasteiger charge is -2.05. The van der Waals surface area contributed by atoms with E-state index in [1.807, 2.05) is 0 Å². The molecule has 0 aliphatic carbocycles. The third-order valence-corrected chi connectivity index (χ3v) is 4.55. The summed E-state index contributed by atoms with van der Waals surface area (Å²) in [5, 5.41) is 2.23. The normalized spacial score (nSPS) is 19.3. The average molecular weight is 271 g/mol. The standard InChI is InChI=1S/C14H25NO2S/c1-2-3-4-5-6-7-8-9-10-18-12-11-13(16)15-14(12)17/h12H,2-11H2,1H3,(H,15,16,17). The third-order valence-electron chi connectivity index (χ3n) is 3.24. The highest BCUT2D eigenvalue weighted by atomic mass is 32.2. The van der Waals surface area contributed by atoms with Gasteiger partial charge in [0.15, 0.2) is 0 Å². The lowest BCUT2D eigenvalue weighted by molar-refractivity contribution is -0.124. The molecule has 1 aliphatic rings. The van der Waals surface area contributed by atoms with Gasteiger partial charge in [-0.25, -0.2) is 0 Å². The molecule has 0 aromatic carbocycles. The van der Waals surface area contributed by atoms with Crippen molar-refractivity contribution >= 4 is 23.6 Å². The molecule has 1 unspecified atom stereocenters. The first-order valence-corrected chi connectivity index (χ1v) is 8.24. The van der Waals surface area contributed by atoms with Crippen LogP contribution in [0.1, 0.15) is 64.7 Å². The number of carbonyl (C=O) groups excluding carboxylic acids is 2. The van der Waals surface area contributed by atoms with Crippen LogP contribution < -0.4 is 5.32 Å². The maximum atomic E-state index is 11.3. The van der Waals surface area contributed by atoms with Crippen molar-refractivity contribution in [1.29, 1.82) is 0 Å². The Kier molecular flexibility index (Phi) is 8.14. The van der Waals surface area contributed by atoms with E-state index < -0.39 is 0 Å². The minimum absolute atomic E-state index is 0.0930. The molecule has 0 radical (unpaired) electrons. The fourth-order valence-corrected chi connectivity index (χ4v) is 3.26. The van der Waals surface area contributed by atoms with Crippen LogP contribution in [-0.4, -0.2) is 22.8 Å². The number of hydrogen-bond donors (Lipinski definition) is 1. The number of thioether (sulfide) groups is 1. The molecule has 1 heterocycles. The molecule has 18 heavy (non-hydrogen) atoms. The number of amides is 2. The van der Waals surface area contributed by atoms with E-state index in [2.05, 4.69) is 12.2 Å². The molecule has 1 aliphatic heterocycles. The van der Waals surface area contributed by atoms with Crippen LogP contribution in [0.2, 0.25) is 0 Å². The number of hydrogen-bond acceptors (Lipinski definition) is 3. The summed E-state index contributed by atoms with van der Waals surface area (Å²) in [6.45, 7) is 2.24. The fourth-order valence-electron chi connectivity index (χ4n) is 2.13. The van der Waals surface area contributed by atoms with Gasteiger partial charge in [-0.2, -0.15) is 0 Å². The van der Waals surface area contributed by atoms with Gasteiger partial charge in [-0.1, -0.05) is 51.9 Å². The van der Waals surface area contributed by atoms with Crippen molar-refractivity contribution in [2.45, 2.75) is 70.0 Å². The van der Waals surface area contributed by atoms with Gasteiger partial charge >= 0.3 is 0 Å². The Labute approximate surface area is 114 Å². The predicted octanol–water partition coefficient (Wildman–Crippen LogP) is 3.28. The summed E-state index contributed by atoms with van der Waals surface area (Å²) >= 11 is 1.63. The summed E-state index contributed by atoms with van der Waals surface area (Å²) in [7, 11) is 0. The van der Waals surface area contributed by atoms with Gasteiger partial charge in [0, 0.05) is 6.42 Å². The van der Waals surface area contributed by atoms with E-state index in [1.54, 1.807) is 11.8 Å². The lowest BCUT2D eigenvalue weighted by Crippen LogP contribution is -2.23. The average Bonchev–Trinajstić information content (AvgIpc) is 2.66. The minimum atomic E-state index is -0.123. The summed E-state index contributed by atoms with van der Waals surface area (Å²) in [4.78, 5) is 22.3. The van der Waals surface area contributed by atoms with Gasteiger partial charge in [0.1, 0.15) is 0 Å². The summed E-state index contributed by atoms with van der Waals surface area (Å²) in [6, 6.07) is 0. The maximum Gasteiger partial charge on any atom is 0.240 e. The summed E-state index contributed by atoms with van der Waals surface area (Å²) < 4.78 is 0. The van der Waals surface area contributed by atoms with Crippen LogP contribution in [0.3, 0.4) is 0 Å². The zero-order valence-electron chi connectivity index (χ0n) is 11.4. The van der Waals surface area contributed by atoms with Crippen LogP contribution in [0.25, 0.3) is 0 Å². The third kappa shape index (κ3) is 6.43. The molecule has 0 bridgehead atoms. The number of imide groups is 1. The van der Waals surface area contributed by atoms with E-state index in [-0.39, 0.29) is 17.1 Å². The first-order valence-electron chi connectivity index (χ1n) is 7.19. The quantitative estimate of drug-likeness (QED) is 0.490. The minimum Gasteiger partial charge on any atom is -0.295 e. The first-order chi connectivity index (χ1) is 8.74. The summed E-state index contributed by atoms with van der Waals surface area (Å²) in [5.74, 6) is 0.790. The SMILES string of the molecule is CCCCCCCCCCSC1CC(=O)NC1=O. The van der Waals surface area contributed by atoms with E-state index in [9.17, 15) is 9.59 Å². The summed E-state index contributed by atoms with van der Waals surface area (Å²) in [6.07, 6.45) is 10.8. The molecule has 0 aromatic heterocycles. The molecule has 2 amide bonds. The molecule has 0 aromatic rings. The molecular formula is C14H25NO2S. The molecule has 0 saturated carbocycles. The van der Waals surface area contributed by atoms with Crippen LogP contribution in [0.15, 0.2) is 0 Å². The van der Waals surface area contributed by atoms with E-state index >= 15 is 0 Å². The predicted molar refractivity (Wildman–Crippen MR) is 76.6 cm³/mol. The van der Waals surface area contributed by atoms with Crippen molar-refractivity contribution in [2.24, 2.45) is 0 Å². The van der Waals surface area contributed by atoms with Gasteiger partial charge in [-0.3, -0.25) is 14.9 Å². The Hall–Kier alpha value is -0.510. The lowest BCUT2D eigenvalue weighted by atomic mass is 10.1. The van der Waals surface area contributed by atoms with Crippen molar-refractivity contribution in [3.63, 3.8) is 0 Å². The topological polar surface area (TPSA) is 46.2 Å². The van der Waals surface area contributed by atoms with E-state index in [0.717, 1.165) is 12.2 Å². The Morgan fingerprint density at radius 2 is 1.67 bits per heavy atom.